The van der Waals surface area contributed by atoms with Crippen molar-refractivity contribution in [2.24, 2.45) is 11.7 Å². The molecule has 0 radical (unpaired) electrons. The maximum atomic E-state index is 11.6. The predicted molar refractivity (Wildman–Crippen MR) is 119 cm³/mol. The number of nitrogens with zero attached hydrogens (tertiary/aromatic N) is 2. The first kappa shape index (κ1) is 20.8. The fraction of sp³-hybridized carbons (Fsp3) is 0.100. The van der Waals surface area contributed by atoms with Crippen LogP contribution in [-0.4, -0.2) is 18.9 Å². The standard InChI is InChI=1S/C20H21IN6O2/c22-24-19(28)17-5-9-21-27(12-8-17)14-16-3-1-15(2-4-16)13-26-10-6-18(7-11-26)20(29)25-23/h1-12H,13-14H2,(H5,22,23,24,25,28,29)/p+1. The summed E-state index contributed by atoms with van der Waals surface area (Å²) >= 11 is -0.343. The second-order valence-electron chi connectivity index (χ2n) is 6.24. The number of amides is 2. The number of rotatable bonds is 6. The number of nitrogen functional groups attached to an aromatic ring is 1. The smallest absolute Gasteiger partial charge is 0.265 e. The van der Waals surface area contributed by atoms with E-state index in [1.54, 1.807) is 18.2 Å². The fourth-order valence-corrected chi connectivity index (χ4v) is 4.57. The Morgan fingerprint density at radius 3 is 2.28 bits per heavy atom. The van der Waals surface area contributed by atoms with Crippen LogP contribution < -0.4 is 27.1 Å². The van der Waals surface area contributed by atoms with Crippen molar-refractivity contribution in [2.45, 2.75) is 13.1 Å². The number of hydrogen-bond donors (Lipinski definition) is 4. The van der Waals surface area contributed by atoms with Gasteiger partial charge in [-0.3, -0.25) is 20.4 Å². The van der Waals surface area contributed by atoms with Gasteiger partial charge in [-0.1, -0.05) is 24.3 Å². The van der Waals surface area contributed by atoms with Gasteiger partial charge >= 0.3 is 0 Å². The van der Waals surface area contributed by atoms with Gasteiger partial charge < -0.3 is 3.11 Å². The van der Waals surface area contributed by atoms with Gasteiger partial charge in [0.05, 0.1) is 12.1 Å². The largest absolute Gasteiger partial charge is 0.322 e. The highest BCUT2D eigenvalue weighted by Crippen LogP contribution is 2.18. The van der Waals surface area contributed by atoms with Crippen LogP contribution in [0.15, 0.2) is 72.7 Å². The molecular formula is C20H22IN6O2+. The highest BCUT2D eigenvalue weighted by Gasteiger charge is 2.09. The Morgan fingerprint density at radius 2 is 1.62 bits per heavy atom. The summed E-state index contributed by atoms with van der Waals surface area (Å²) in [5.41, 5.74) is 7.70. The van der Waals surface area contributed by atoms with Crippen LogP contribution in [0.1, 0.15) is 21.5 Å². The summed E-state index contributed by atoms with van der Waals surface area (Å²) in [6, 6.07) is 11.9. The second-order valence-corrected chi connectivity index (χ2v) is 8.76. The average molecular weight is 505 g/mol. The number of benzene rings is 1. The summed E-state index contributed by atoms with van der Waals surface area (Å²) in [7, 11) is 0. The average Bonchev–Trinajstić information content (AvgIpc) is 3.00. The minimum atomic E-state index is -0.343. The first-order valence-electron chi connectivity index (χ1n) is 8.80. The molecule has 0 saturated carbocycles. The molecule has 0 atom stereocenters. The van der Waals surface area contributed by atoms with E-state index in [-0.39, 0.29) is 32.8 Å². The first-order chi connectivity index (χ1) is 14.1. The zero-order valence-electron chi connectivity index (χ0n) is 15.6. The van der Waals surface area contributed by atoms with Crippen LogP contribution in [0.5, 0.6) is 0 Å². The quantitative estimate of drug-likeness (QED) is 0.114. The molecule has 1 aromatic carbocycles. The molecule has 1 aliphatic heterocycles. The van der Waals surface area contributed by atoms with Crippen LogP contribution in [0.25, 0.3) is 0 Å². The van der Waals surface area contributed by atoms with E-state index in [0.29, 0.717) is 17.7 Å². The number of pyridine rings is 1. The summed E-state index contributed by atoms with van der Waals surface area (Å²) < 4.78 is 6.26. The summed E-state index contributed by atoms with van der Waals surface area (Å²) in [6.07, 6.45) is 9.24. The van der Waals surface area contributed by atoms with E-state index in [1.165, 1.54) is 5.56 Å². The minimum Gasteiger partial charge on any atom is -0.322 e. The third kappa shape index (κ3) is 5.79. The molecule has 2 heterocycles. The van der Waals surface area contributed by atoms with E-state index in [0.717, 1.165) is 12.1 Å². The Bertz CT molecular complexity index is 967. The van der Waals surface area contributed by atoms with Gasteiger partial charge in [0.1, 0.15) is 0 Å². The van der Waals surface area contributed by atoms with Crippen molar-refractivity contribution in [1.29, 1.82) is 0 Å². The molecule has 0 fully saturated rings. The van der Waals surface area contributed by atoms with Crippen molar-refractivity contribution in [2.75, 3.05) is 0 Å². The van der Waals surface area contributed by atoms with E-state index >= 15 is 0 Å². The molecule has 8 nitrogen and oxygen atoms in total. The molecule has 0 saturated heterocycles. The van der Waals surface area contributed by atoms with Crippen molar-refractivity contribution in [3.8, 4) is 0 Å². The third-order valence-electron chi connectivity index (χ3n) is 4.24. The lowest BCUT2D eigenvalue weighted by Crippen LogP contribution is -2.35. The third-order valence-corrected chi connectivity index (χ3v) is 6.30. The van der Waals surface area contributed by atoms with Gasteiger partial charge in [0.15, 0.2) is 18.9 Å². The Balaban J connectivity index is 1.59. The number of carbonyl (C=O) groups excluding carboxylic acids is 2. The van der Waals surface area contributed by atoms with Gasteiger partial charge in [-0.05, 0) is 42.7 Å². The number of hydrogen-bond acceptors (Lipinski definition) is 5. The molecule has 2 aromatic rings. The number of allylic oxidation sites excluding steroid dienone is 1. The predicted octanol–water partition coefficient (Wildman–Crippen LogP) is 0.559. The van der Waals surface area contributed by atoms with Crippen LogP contribution in [-0.2, 0) is 17.9 Å². The van der Waals surface area contributed by atoms with Gasteiger partial charge in [-0.2, -0.15) is 0 Å². The van der Waals surface area contributed by atoms with Crippen molar-refractivity contribution in [3.05, 3.63) is 89.4 Å². The lowest BCUT2D eigenvalue weighted by molar-refractivity contribution is -0.688. The molecule has 0 unspecified atom stereocenters. The SMILES string of the molecule is NNC(=O)C1=CC=IN(Cc2ccc(C[n+]3ccc(C(=O)NN)cc3)cc2)C=C1. The number of carbonyl (C=O) groups is 2. The minimum absolute atomic E-state index is 0.290. The Morgan fingerprint density at radius 1 is 0.966 bits per heavy atom. The Hall–Kier alpha value is -2.89. The van der Waals surface area contributed by atoms with Crippen molar-refractivity contribution in [1.82, 2.24) is 14.0 Å². The molecule has 1 aliphatic rings. The molecule has 6 N–H and O–H groups in total. The topological polar surface area (TPSA) is 117 Å². The van der Waals surface area contributed by atoms with Crippen LogP contribution >= 0.6 is 21.0 Å². The highest BCUT2D eigenvalue weighted by molar-refractivity contribution is 14.2. The van der Waals surface area contributed by atoms with Crippen LogP contribution in [0.4, 0.5) is 0 Å². The first-order valence-corrected chi connectivity index (χ1v) is 11.0. The Labute approximate surface area is 178 Å². The van der Waals surface area contributed by atoms with Gasteiger partial charge in [-0.15, -0.1) is 0 Å². The summed E-state index contributed by atoms with van der Waals surface area (Å²) in [6.45, 7) is 1.48. The van der Waals surface area contributed by atoms with Gasteiger partial charge in [0.2, 0.25) is 0 Å². The molecule has 2 amide bonds. The summed E-state index contributed by atoms with van der Waals surface area (Å²) in [4.78, 5) is 23.1. The van der Waals surface area contributed by atoms with Crippen molar-refractivity contribution >= 4 is 36.8 Å². The lowest BCUT2D eigenvalue weighted by Gasteiger charge is -2.14. The molecule has 150 valence electrons. The normalized spacial score (nSPS) is 13.2. The molecule has 0 aliphatic carbocycles. The van der Waals surface area contributed by atoms with E-state index in [9.17, 15) is 9.59 Å². The van der Waals surface area contributed by atoms with Crippen molar-refractivity contribution < 1.29 is 14.2 Å². The maximum Gasteiger partial charge on any atom is 0.265 e. The summed E-state index contributed by atoms with van der Waals surface area (Å²) in [5.74, 6) is 9.73. The van der Waals surface area contributed by atoms with Crippen LogP contribution in [0.3, 0.4) is 0 Å². The fourth-order valence-electron chi connectivity index (χ4n) is 2.67. The van der Waals surface area contributed by atoms with E-state index in [2.05, 4.69) is 38.2 Å². The number of hydrazine groups is 2. The molecule has 0 spiro atoms. The van der Waals surface area contributed by atoms with E-state index < -0.39 is 0 Å². The van der Waals surface area contributed by atoms with Crippen LogP contribution in [0.2, 0.25) is 0 Å². The molecule has 29 heavy (non-hydrogen) atoms. The Kier molecular flexibility index (Phi) is 7.22. The van der Waals surface area contributed by atoms with Gasteiger partial charge in [-0.25, -0.2) is 16.3 Å². The molecule has 0 bridgehead atoms. The number of nitrogens with two attached hydrogens (primary N) is 2. The number of halogens is 1. The van der Waals surface area contributed by atoms with Gasteiger partial charge in [0.25, 0.3) is 11.8 Å². The van der Waals surface area contributed by atoms with Crippen LogP contribution in [0, 0.1) is 0 Å². The molecule has 1 aromatic heterocycles. The molecule has 9 heteroatoms. The number of nitrogens with one attached hydrogen (secondary N) is 2. The zero-order chi connectivity index (χ0) is 20.6. The monoisotopic (exact) mass is 505 g/mol. The molecular weight excluding hydrogens is 483 g/mol. The second kappa shape index (κ2) is 10.0. The highest BCUT2D eigenvalue weighted by atomic mass is 127. The lowest BCUT2D eigenvalue weighted by atomic mass is 10.1. The summed E-state index contributed by atoms with van der Waals surface area (Å²) in [5, 5.41) is 0. The maximum absolute atomic E-state index is 11.6. The van der Waals surface area contributed by atoms with Crippen molar-refractivity contribution in [3.63, 3.8) is 0 Å². The van der Waals surface area contributed by atoms with E-state index in [1.807, 2.05) is 33.2 Å². The molecule has 3 rings (SSSR count). The number of aromatic nitrogens is 1. The van der Waals surface area contributed by atoms with E-state index in [4.69, 9.17) is 11.7 Å². The van der Waals surface area contributed by atoms with Gasteiger partial charge in [0, 0.05) is 29.5 Å². The zero-order valence-corrected chi connectivity index (χ0v) is 17.7.